The highest BCUT2D eigenvalue weighted by Gasteiger charge is 2.38. The standard InChI is InChI=1S/C43H51N11O5/c1-43(18-19-43)49-38-36-32(17-20-50(2)40(36)57)46-41(48-38)45-29-24-44-53(26-29)30-11-9-27(10-12-30)25-52-21-15-31(16-22-52)59-23-5-7-28-6-4-8-33-37(28)51(3)42(58)54(33)34-13-14-35(55)47-39(34)56/h4,6,8,17,20,24,26-27,30-31,34H,9-16,18-19,21-23,25H2,1-3H3,(H,47,55,56)(H2,45,46,48,49). The number of carbonyl (C=O) groups is 2. The van der Waals surface area contributed by atoms with Crippen LogP contribution in [0.4, 0.5) is 17.5 Å². The summed E-state index contributed by atoms with van der Waals surface area (Å²) in [6.07, 6.45) is 14.7. The predicted octanol–water partition coefficient (Wildman–Crippen LogP) is 4.13. The molecule has 5 aromatic rings. The number of amides is 2. The summed E-state index contributed by atoms with van der Waals surface area (Å²) in [4.78, 5) is 62.5. The molecule has 16 heteroatoms. The zero-order chi connectivity index (χ0) is 40.8. The topological polar surface area (TPSA) is 175 Å². The largest absolute Gasteiger partial charge is 0.365 e. The minimum Gasteiger partial charge on any atom is -0.365 e. The number of aryl methyl sites for hydroxylation is 2. The molecule has 0 spiro atoms. The van der Waals surface area contributed by atoms with Gasteiger partial charge in [0.2, 0.25) is 17.8 Å². The molecule has 4 aliphatic rings. The molecule has 6 heterocycles. The Morgan fingerprint density at radius 1 is 0.983 bits per heavy atom. The maximum Gasteiger partial charge on any atom is 0.329 e. The lowest BCUT2D eigenvalue weighted by Crippen LogP contribution is -2.44. The average molecular weight is 802 g/mol. The van der Waals surface area contributed by atoms with Crippen molar-refractivity contribution in [2.24, 2.45) is 20.0 Å². The van der Waals surface area contributed by atoms with E-state index >= 15 is 0 Å². The fraction of sp³-hybridized carbons (Fsp3) is 0.512. The summed E-state index contributed by atoms with van der Waals surface area (Å²) in [6.45, 7) is 5.55. The van der Waals surface area contributed by atoms with Crippen LogP contribution in [-0.2, 0) is 28.4 Å². The fourth-order valence-corrected chi connectivity index (χ4v) is 8.99. The quantitative estimate of drug-likeness (QED) is 0.137. The van der Waals surface area contributed by atoms with Crippen molar-refractivity contribution < 1.29 is 14.3 Å². The van der Waals surface area contributed by atoms with E-state index in [1.807, 2.05) is 36.7 Å². The van der Waals surface area contributed by atoms with Crippen molar-refractivity contribution in [3.8, 4) is 11.8 Å². The molecule has 2 amide bonds. The second-order valence-corrected chi connectivity index (χ2v) is 17.0. The average Bonchev–Trinajstić information content (AvgIpc) is 3.66. The summed E-state index contributed by atoms with van der Waals surface area (Å²) in [7, 11) is 3.42. The number of imide groups is 1. The molecule has 1 unspecified atom stereocenters. The minimum atomic E-state index is -0.734. The number of nitrogens with one attached hydrogen (secondary N) is 3. The maximum atomic E-state index is 13.2. The number of imidazole rings is 1. The zero-order valence-corrected chi connectivity index (χ0v) is 33.9. The van der Waals surface area contributed by atoms with Crippen LogP contribution in [0, 0.1) is 17.8 Å². The summed E-state index contributed by atoms with van der Waals surface area (Å²) >= 11 is 0. The van der Waals surface area contributed by atoms with Crippen molar-refractivity contribution in [1.82, 2.24) is 43.7 Å². The molecule has 16 nitrogen and oxygen atoms in total. The first kappa shape index (κ1) is 38.7. The van der Waals surface area contributed by atoms with Crippen molar-refractivity contribution in [2.45, 2.75) is 94.9 Å². The minimum absolute atomic E-state index is 0.0484. The Kier molecular flexibility index (Phi) is 10.3. The van der Waals surface area contributed by atoms with E-state index in [9.17, 15) is 19.2 Å². The highest BCUT2D eigenvalue weighted by Crippen LogP contribution is 2.39. The number of nitrogens with zero attached hydrogens (tertiary/aromatic N) is 8. The first-order chi connectivity index (χ1) is 28.5. The third kappa shape index (κ3) is 8.01. The smallest absolute Gasteiger partial charge is 0.329 e. The summed E-state index contributed by atoms with van der Waals surface area (Å²) in [5, 5.41) is 14.4. The van der Waals surface area contributed by atoms with Crippen molar-refractivity contribution in [1.29, 1.82) is 0 Å². The molecule has 2 aliphatic heterocycles. The fourth-order valence-electron chi connectivity index (χ4n) is 8.99. The number of fused-ring (bicyclic) bond motifs is 2. The van der Waals surface area contributed by atoms with E-state index in [0.29, 0.717) is 57.8 Å². The molecule has 1 aromatic carbocycles. The van der Waals surface area contributed by atoms with E-state index in [1.165, 1.54) is 9.13 Å². The van der Waals surface area contributed by atoms with Crippen LogP contribution >= 0.6 is 0 Å². The van der Waals surface area contributed by atoms with Crippen LogP contribution in [0.5, 0.6) is 0 Å². The van der Waals surface area contributed by atoms with E-state index in [1.54, 1.807) is 24.9 Å². The van der Waals surface area contributed by atoms with Crippen LogP contribution in [0.1, 0.15) is 88.8 Å². The molecule has 4 aromatic heterocycles. The van der Waals surface area contributed by atoms with Gasteiger partial charge in [-0.05, 0) is 88.8 Å². The SMILES string of the molecule is Cn1ccc2nc(Nc3cnn(C4CCC(CN5CCC(OCC#Cc6cccc7c6n(C)c(=O)n7C6CCC(=O)NC6=O)CC5)CC4)c3)nc(NC3(C)CC3)c2c1=O. The van der Waals surface area contributed by atoms with E-state index in [0.717, 1.165) is 76.7 Å². The van der Waals surface area contributed by atoms with Gasteiger partial charge in [0.1, 0.15) is 23.9 Å². The van der Waals surface area contributed by atoms with Gasteiger partial charge >= 0.3 is 5.69 Å². The van der Waals surface area contributed by atoms with E-state index in [-0.39, 0.29) is 41.6 Å². The van der Waals surface area contributed by atoms with Crippen molar-refractivity contribution in [3.05, 3.63) is 69.3 Å². The molecule has 2 saturated carbocycles. The highest BCUT2D eigenvalue weighted by molar-refractivity contribution is 6.00. The number of para-hydroxylation sites is 1. The summed E-state index contributed by atoms with van der Waals surface area (Å²) in [6, 6.07) is 6.98. The van der Waals surface area contributed by atoms with E-state index in [4.69, 9.17) is 14.8 Å². The number of pyridine rings is 1. The summed E-state index contributed by atoms with van der Waals surface area (Å²) in [5.74, 6) is 7.24. The van der Waals surface area contributed by atoms with Gasteiger partial charge in [-0.3, -0.25) is 33.5 Å². The van der Waals surface area contributed by atoms with Gasteiger partial charge in [-0.2, -0.15) is 10.1 Å². The number of hydrogen-bond donors (Lipinski definition) is 3. The number of ether oxygens (including phenoxy) is 1. The Balaban J connectivity index is 0.739. The van der Waals surface area contributed by atoms with Gasteiger partial charge in [0.25, 0.3) is 5.56 Å². The first-order valence-corrected chi connectivity index (χ1v) is 20.8. The van der Waals surface area contributed by atoms with E-state index < -0.39 is 11.9 Å². The van der Waals surface area contributed by atoms with Crippen molar-refractivity contribution >= 4 is 51.2 Å². The lowest BCUT2D eigenvalue weighted by Gasteiger charge is -2.36. The van der Waals surface area contributed by atoms with Gasteiger partial charge in [-0.25, -0.2) is 9.78 Å². The number of aromatic nitrogens is 7. The Labute approximate surface area is 341 Å². The van der Waals surface area contributed by atoms with Gasteiger partial charge in [-0.15, -0.1) is 0 Å². The van der Waals surface area contributed by atoms with Crippen LogP contribution in [0.25, 0.3) is 21.9 Å². The summed E-state index contributed by atoms with van der Waals surface area (Å²) in [5.41, 5.74) is 2.93. The zero-order valence-electron chi connectivity index (χ0n) is 33.9. The third-order valence-electron chi connectivity index (χ3n) is 12.7. The highest BCUT2D eigenvalue weighted by atomic mass is 16.5. The van der Waals surface area contributed by atoms with Gasteiger partial charge in [0, 0.05) is 58.1 Å². The predicted molar refractivity (Wildman–Crippen MR) is 223 cm³/mol. The van der Waals surface area contributed by atoms with Crippen LogP contribution in [0.15, 0.2) is 52.4 Å². The third-order valence-corrected chi connectivity index (χ3v) is 12.7. The number of likely N-dealkylation sites (tertiary alicyclic amines) is 1. The van der Waals surface area contributed by atoms with Crippen LogP contribution in [-0.4, -0.2) is 88.0 Å². The van der Waals surface area contributed by atoms with E-state index in [2.05, 4.69) is 49.3 Å². The second-order valence-electron chi connectivity index (χ2n) is 17.0. The van der Waals surface area contributed by atoms with Gasteiger partial charge in [-0.1, -0.05) is 17.9 Å². The van der Waals surface area contributed by atoms with Gasteiger partial charge in [0.15, 0.2) is 0 Å². The monoisotopic (exact) mass is 801 g/mol. The molecule has 2 saturated heterocycles. The normalized spacial score (nSPS) is 22.3. The van der Waals surface area contributed by atoms with Crippen molar-refractivity contribution in [2.75, 3.05) is 36.9 Å². The molecule has 4 fully saturated rings. The van der Waals surface area contributed by atoms with Crippen molar-refractivity contribution in [3.63, 3.8) is 0 Å². The number of hydrogen-bond acceptors (Lipinski definition) is 11. The lowest BCUT2D eigenvalue weighted by atomic mass is 9.85. The molecular formula is C43H51N11O5. The first-order valence-electron chi connectivity index (χ1n) is 20.8. The molecule has 3 N–H and O–H groups in total. The van der Waals surface area contributed by atoms with Crippen LogP contribution in [0.2, 0.25) is 0 Å². The molecule has 1 atom stereocenters. The number of rotatable bonds is 10. The van der Waals surface area contributed by atoms with Crippen LogP contribution in [0.3, 0.4) is 0 Å². The number of benzene rings is 1. The maximum absolute atomic E-state index is 13.2. The molecular weight excluding hydrogens is 751 g/mol. The Morgan fingerprint density at radius 3 is 2.54 bits per heavy atom. The molecule has 0 bridgehead atoms. The Morgan fingerprint density at radius 2 is 1.78 bits per heavy atom. The second kappa shape index (κ2) is 15.8. The molecule has 59 heavy (non-hydrogen) atoms. The Hall–Kier alpha value is -5.79. The molecule has 0 radical (unpaired) electrons. The number of anilines is 3. The summed E-state index contributed by atoms with van der Waals surface area (Å²) < 4.78 is 12.8. The lowest BCUT2D eigenvalue weighted by molar-refractivity contribution is -0.135. The number of carbonyl (C=O) groups excluding carboxylic acids is 2. The molecule has 9 rings (SSSR count). The molecule has 308 valence electrons. The number of piperidine rings is 2. The van der Waals surface area contributed by atoms with Gasteiger partial charge < -0.3 is 24.8 Å². The van der Waals surface area contributed by atoms with Gasteiger partial charge in [0.05, 0.1) is 46.1 Å². The molecule has 2 aliphatic carbocycles. The van der Waals surface area contributed by atoms with Crippen LogP contribution < -0.4 is 27.2 Å². The Bertz CT molecular complexity index is 2610.